The number of halogens is 2. The third-order valence-electron chi connectivity index (χ3n) is 3.81. The predicted octanol–water partition coefficient (Wildman–Crippen LogP) is 3.27. The summed E-state index contributed by atoms with van der Waals surface area (Å²) < 4.78 is 6.74. The van der Waals surface area contributed by atoms with Crippen LogP contribution in [0.3, 0.4) is 0 Å². The van der Waals surface area contributed by atoms with Crippen LogP contribution >= 0.6 is 28.3 Å². The van der Waals surface area contributed by atoms with Gasteiger partial charge in [0.15, 0.2) is 0 Å². The first-order valence-electron chi connectivity index (χ1n) is 7.50. The molecule has 1 aromatic rings. The molecule has 6 heteroatoms. The zero-order chi connectivity index (χ0) is 15.2. The summed E-state index contributed by atoms with van der Waals surface area (Å²) >= 11 is 3.45. The quantitative estimate of drug-likeness (QED) is 0.809. The highest BCUT2D eigenvalue weighted by Crippen LogP contribution is 2.25. The molecule has 0 saturated heterocycles. The minimum atomic E-state index is -0.0788. The fraction of sp³-hybridized carbons (Fsp3) is 0.562. The second-order valence-corrected chi connectivity index (χ2v) is 6.58. The average Bonchev–Trinajstić information content (AvgIpc) is 2.47. The lowest BCUT2D eigenvalue weighted by Crippen LogP contribution is -2.41. The fourth-order valence-corrected chi connectivity index (χ4v) is 3.03. The van der Waals surface area contributed by atoms with Crippen molar-refractivity contribution in [1.29, 1.82) is 0 Å². The van der Waals surface area contributed by atoms with Crippen LogP contribution in [0.2, 0.25) is 0 Å². The summed E-state index contributed by atoms with van der Waals surface area (Å²) in [5.74, 6) is 0.955. The van der Waals surface area contributed by atoms with Crippen molar-refractivity contribution in [2.45, 2.75) is 44.8 Å². The predicted molar refractivity (Wildman–Crippen MR) is 94.4 cm³/mol. The Morgan fingerprint density at radius 2 is 2.18 bits per heavy atom. The van der Waals surface area contributed by atoms with Crippen molar-refractivity contribution in [2.24, 2.45) is 11.7 Å². The second-order valence-electron chi connectivity index (χ2n) is 5.73. The number of hydrogen-bond donors (Lipinski definition) is 2. The summed E-state index contributed by atoms with van der Waals surface area (Å²) in [6, 6.07) is 7.88. The van der Waals surface area contributed by atoms with E-state index in [9.17, 15) is 4.79 Å². The summed E-state index contributed by atoms with van der Waals surface area (Å²) in [5, 5.41) is 2.98. The molecule has 3 unspecified atom stereocenters. The van der Waals surface area contributed by atoms with Crippen molar-refractivity contribution in [3.63, 3.8) is 0 Å². The molecule has 0 aliphatic heterocycles. The maximum absolute atomic E-state index is 12.1. The SMILES string of the molecule is CC(CNC(=O)C1CCCC(N)C1)Oc1ccccc1Br.Cl. The first-order valence-corrected chi connectivity index (χ1v) is 8.30. The maximum atomic E-state index is 12.1. The van der Waals surface area contributed by atoms with Crippen LogP contribution in [0.4, 0.5) is 0 Å². The van der Waals surface area contributed by atoms with E-state index in [-0.39, 0.29) is 36.4 Å². The molecule has 3 atom stereocenters. The monoisotopic (exact) mass is 390 g/mol. The zero-order valence-corrected chi connectivity index (χ0v) is 15.2. The molecule has 1 aromatic carbocycles. The average molecular weight is 392 g/mol. The molecule has 1 aliphatic rings. The highest BCUT2D eigenvalue weighted by Gasteiger charge is 2.25. The van der Waals surface area contributed by atoms with Crippen LogP contribution in [0.15, 0.2) is 28.7 Å². The zero-order valence-electron chi connectivity index (χ0n) is 12.8. The molecule has 4 nitrogen and oxygen atoms in total. The molecular formula is C16H24BrClN2O2. The van der Waals surface area contributed by atoms with Crippen LogP contribution in [-0.2, 0) is 4.79 Å². The van der Waals surface area contributed by atoms with Crippen molar-refractivity contribution in [1.82, 2.24) is 5.32 Å². The largest absolute Gasteiger partial charge is 0.488 e. The van der Waals surface area contributed by atoms with Gasteiger partial charge in [0.05, 0.1) is 11.0 Å². The molecule has 1 aliphatic carbocycles. The third kappa shape index (κ3) is 5.78. The fourth-order valence-electron chi connectivity index (χ4n) is 2.65. The van der Waals surface area contributed by atoms with Crippen molar-refractivity contribution >= 4 is 34.2 Å². The van der Waals surface area contributed by atoms with Gasteiger partial charge in [0.1, 0.15) is 11.9 Å². The maximum Gasteiger partial charge on any atom is 0.223 e. The number of hydrogen-bond acceptors (Lipinski definition) is 3. The molecule has 0 radical (unpaired) electrons. The van der Waals surface area contributed by atoms with Gasteiger partial charge in [-0.05, 0) is 54.2 Å². The molecule has 1 fully saturated rings. The number of nitrogens with one attached hydrogen (secondary N) is 1. The molecule has 1 amide bonds. The number of carbonyl (C=O) groups excluding carboxylic acids is 1. The molecule has 0 aromatic heterocycles. The van der Waals surface area contributed by atoms with E-state index in [0.29, 0.717) is 6.54 Å². The summed E-state index contributed by atoms with van der Waals surface area (Å²) in [6.45, 7) is 2.46. The van der Waals surface area contributed by atoms with Crippen LogP contribution in [-0.4, -0.2) is 24.6 Å². The van der Waals surface area contributed by atoms with Crippen LogP contribution in [0, 0.1) is 5.92 Å². The standard InChI is InChI=1S/C16H23BrN2O2.ClH/c1-11(21-15-8-3-2-7-14(15)17)10-19-16(20)12-5-4-6-13(18)9-12;/h2-3,7-8,11-13H,4-6,9-10,18H2,1H3,(H,19,20);1H. The normalized spacial score (nSPS) is 22.3. The topological polar surface area (TPSA) is 64.4 Å². The Bertz CT molecular complexity index is 487. The molecule has 0 bridgehead atoms. The van der Waals surface area contributed by atoms with E-state index in [1.807, 2.05) is 31.2 Å². The Hall–Kier alpha value is -0.780. The number of ether oxygens (including phenoxy) is 1. The van der Waals surface area contributed by atoms with Gasteiger partial charge < -0.3 is 15.8 Å². The molecule has 22 heavy (non-hydrogen) atoms. The molecule has 3 N–H and O–H groups in total. The number of amides is 1. The molecule has 124 valence electrons. The number of para-hydroxylation sites is 1. The number of nitrogens with two attached hydrogens (primary N) is 1. The molecule has 0 heterocycles. The summed E-state index contributed by atoms with van der Waals surface area (Å²) in [4.78, 5) is 12.1. The van der Waals surface area contributed by atoms with E-state index < -0.39 is 0 Å². The molecule has 0 spiro atoms. The summed E-state index contributed by atoms with van der Waals surface area (Å²) in [5.41, 5.74) is 5.93. The van der Waals surface area contributed by atoms with Gasteiger partial charge in [0.2, 0.25) is 5.91 Å². The lowest BCUT2D eigenvalue weighted by Gasteiger charge is -2.26. The minimum Gasteiger partial charge on any atom is -0.488 e. The highest BCUT2D eigenvalue weighted by molar-refractivity contribution is 9.10. The lowest BCUT2D eigenvalue weighted by atomic mass is 9.85. The van der Waals surface area contributed by atoms with E-state index in [4.69, 9.17) is 10.5 Å². The van der Waals surface area contributed by atoms with Crippen LogP contribution in [0.25, 0.3) is 0 Å². The number of benzene rings is 1. The van der Waals surface area contributed by atoms with Gasteiger partial charge in [0.25, 0.3) is 0 Å². The van der Waals surface area contributed by atoms with Crippen LogP contribution in [0.1, 0.15) is 32.6 Å². The van der Waals surface area contributed by atoms with Gasteiger partial charge in [-0.2, -0.15) is 0 Å². The Kier molecular flexibility index (Phi) is 8.21. The Morgan fingerprint density at radius 3 is 2.86 bits per heavy atom. The van der Waals surface area contributed by atoms with Crippen molar-refractivity contribution in [2.75, 3.05) is 6.54 Å². The molecular weight excluding hydrogens is 368 g/mol. The van der Waals surface area contributed by atoms with Gasteiger partial charge in [-0.25, -0.2) is 0 Å². The highest BCUT2D eigenvalue weighted by atomic mass is 79.9. The summed E-state index contributed by atoms with van der Waals surface area (Å²) in [6.07, 6.45) is 3.74. The molecule has 2 rings (SSSR count). The first-order chi connectivity index (χ1) is 10.1. The van der Waals surface area contributed by atoms with Gasteiger partial charge in [-0.1, -0.05) is 18.6 Å². The van der Waals surface area contributed by atoms with Crippen LogP contribution < -0.4 is 15.8 Å². The van der Waals surface area contributed by atoms with E-state index in [1.54, 1.807) is 0 Å². The Morgan fingerprint density at radius 1 is 1.45 bits per heavy atom. The van der Waals surface area contributed by atoms with E-state index >= 15 is 0 Å². The minimum absolute atomic E-state index is 0. The van der Waals surface area contributed by atoms with Crippen molar-refractivity contribution in [3.8, 4) is 5.75 Å². The van der Waals surface area contributed by atoms with E-state index in [1.165, 1.54) is 0 Å². The van der Waals surface area contributed by atoms with Gasteiger partial charge >= 0.3 is 0 Å². The van der Waals surface area contributed by atoms with E-state index in [0.717, 1.165) is 35.9 Å². The van der Waals surface area contributed by atoms with Crippen LogP contribution in [0.5, 0.6) is 5.75 Å². The summed E-state index contributed by atoms with van der Waals surface area (Å²) in [7, 11) is 0. The van der Waals surface area contributed by atoms with Gasteiger partial charge in [-0.3, -0.25) is 4.79 Å². The van der Waals surface area contributed by atoms with Crippen molar-refractivity contribution < 1.29 is 9.53 Å². The lowest BCUT2D eigenvalue weighted by molar-refractivity contribution is -0.126. The molecule has 1 saturated carbocycles. The van der Waals surface area contributed by atoms with E-state index in [2.05, 4.69) is 21.2 Å². The smallest absolute Gasteiger partial charge is 0.223 e. The third-order valence-corrected chi connectivity index (χ3v) is 4.47. The Balaban J connectivity index is 0.00000242. The number of carbonyl (C=O) groups is 1. The van der Waals surface area contributed by atoms with Gasteiger partial charge in [0, 0.05) is 12.0 Å². The Labute approximate surface area is 146 Å². The van der Waals surface area contributed by atoms with Crippen molar-refractivity contribution in [3.05, 3.63) is 28.7 Å². The second kappa shape index (κ2) is 9.38. The first kappa shape index (κ1) is 19.3. The number of rotatable bonds is 5. The van der Waals surface area contributed by atoms with Gasteiger partial charge in [-0.15, -0.1) is 12.4 Å².